The van der Waals surface area contributed by atoms with Crippen LogP contribution in [0.1, 0.15) is 38.8 Å². The smallest absolute Gasteiger partial charge is 0.423 e. The van der Waals surface area contributed by atoms with Gasteiger partial charge in [0.2, 0.25) is 0 Å². The minimum Gasteiger partial charge on any atom is -0.423 e. The molecule has 0 heterocycles. The molecule has 0 bridgehead atoms. The highest BCUT2D eigenvalue weighted by atomic mass is 19.4. The molecule has 1 aromatic carbocycles. The summed E-state index contributed by atoms with van der Waals surface area (Å²) >= 11 is 0. The second kappa shape index (κ2) is 6.23. The molecule has 0 spiro atoms. The van der Waals surface area contributed by atoms with E-state index in [-0.39, 0.29) is 6.07 Å². The zero-order chi connectivity index (χ0) is 19.1. The molecule has 0 aliphatic carbocycles. The number of benzene rings is 1. The van der Waals surface area contributed by atoms with Gasteiger partial charge in [0.15, 0.2) is 0 Å². The molecule has 0 saturated carbocycles. The number of halogens is 6. The number of aliphatic hydroxyl groups is 1. The topological polar surface area (TPSA) is 49.7 Å². The van der Waals surface area contributed by atoms with Crippen LogP contribution >= 0.6 is 0 Å². The van der Waals surface area contributed by atoms with E-state index in [9.17, 15) is 36.5 Å². The number of hydrogen-bond acceptors (Lipinski definition) is 3. The predicted molar refractivity (Wildman–Crippen MR) is 75.5 cm³/mol. The van der Waals surface area contributed by atoms with E-state index in [1.807, 2.05) is 0 Å². The Balaban J connectivity index is 3.33. The molecule has 10 heteroatoms. The number of alkyl halides is 6. The Morgan fingerprint density at radius 3 is 1.79 bits per heavy atom. The molecule has 0 aliphatic rings. The highest BCUT2D eigenvalue weighted by Gasteiger charge is 2.44. The van der Waals surface area contributed by atoms with Crippen molar-refractivity contribution in [3.8, 4) is 0 Å². The summed E-state index contributed by atoms with van der Waals surface area (Å²) < 4.78 is 82.1. The Kier molecular flexibility index (Phi) is 5.40. The molecule has 136 valence electrons. The van der Waals surface area contributed by atoms with Crippen molar-refractivity contribution < 1.29 is 41.1 Å². The Bertz CT molecular complexity index is 590. The van der Waals surface area contributed by atoms with Crippen LogP contribution in [0.5, 0.6) is 0 Å². The second-order valence-electron chi connectivity index (χ2n) is 6.34. The summed E-state index contributed by atoms with van der Waals surface area (Å²) in [6.07, 6.45) is -10.1. The zero-order valence-corrected chi connectivity index (χ0v) is 13.4. The molecule has 0 amide bonds. The van der Waals surface area contributed by atoms with Crippen LogP contribution in [0.3, 0.4) is 0 Å². The Labute approximate surface area is 135 Å². The van der Waals surface area contributed by atoms with Crippen LogP contribution in [-0.4, -0.2) is 28.5 Å². The average Bonchev–Trinajstić information content (AvgIpc) is 2.33. The van der Waals surface area contributed by atoms with Crippen LogP contribution in [0.15, 0.2) is 18.2 Å². The van der Waals surface area contributed by atoms with Gasteiger partial charge in [0.05, 0.1) is 22.3 Å². The first kappa shape index (κ1) is 20.8. The largest absolute Gasteiger partial charge is 0.492 e. The SMILES string of the molecule is CC(C)(O)C(C)(C)OB(O)c1ccc(C(F)(F)F)cc1C(F)(F)F. The summed E-state index contributed by atoms with van der Waals surface area (Å²) in [6.45, 7) is 5.29. The van der Waals surface area contributed by atoms with Gasteiger partial charge >= 0.3 is 19.5 Å². The molecule has 0 unspecified atom stereocenters. The highest BCUT2D eigenvalue weighted by Crippen LogP contribution is 2.35. The zero-order valence-electron chi connectivity index (χ0n) is 13.4. The van der Waals surface area contributed by atoms with Crippen molar-refractivity contribution in [2.24, 2.45) is 0 Å². The van der Waals surface area contributed by atoms with E-state index in [4.69, 9.17) is 4.65 Å². The van der Waals surface area contributed by atoms with Crippen molar-refractivity contribution >= 4 is 12.6 Å². The molecule has 3 nitrogen and oxygen atoms in total. The maximum atomic E-state index is 13.1. The van der Waals surface area contributed by atoms with Crippen LogP contribution in [0.4, 0.5) is 26.3 Å². The van der Waals surface area contributed by atoms with E-state index in [2.05, 4.69) is 0 Å². The van der Waals surface area contributed by atoms with Gasteiger partial charge in [0.25, 0.3) is 0 Å². The third-order valence-electron chi connectivity index (χ3n) is 3.83. The third-order valence-corrected chi connectivity index (χ3v) is 3.83. The molecule has 1 rings (SSSR count). The van der Waals surface area contributed by atoms with Crippen molar-refractivity contribution in [2.75, 3.05) is 0 Å². The monoisotopic (exact) mass is 358 g/mol. The summed E-state index contributed by atoms with van der Waals surface area (Å²) in [5, 5.41) is 19.9. The van der Waals surface area contributed by atoms with Gasteiger partial charge in [-0.15, -0.1) is 0 Å². The maximum Gasteiger partial charge on any atom is 0.492 e. The van der Waals surface area contributed by atoms with Crippen LogP contribution in [0.2, 0.25) is 0 Å². The first-order chi connectivity index (χ1) is 10.5. The first-order valence-corrected chi connectivity index (χ1v) is 6.83. The van der Waals surface area contributed by atoms with Crippen molar-refractivity contribution in [3.63, 3.8) is 0 Å². The molecule has 24 heavy (non-hydrogen) atoms. The Morgan fingerprint density at radius 1 is 0.917 bits per heavy atom. The lowest BCUT2D eigenvalue weighted by molar-refractivity contribution is -0.142. The maximum absolute atomic E-state index is 13.1. The average molecular weight is 358 g/mol. The van der Waals surface area contributed by atoms with Crippen molar-refractivity contribution in [1.82, 2.24) is 0 Å². The Hall–Kier alpha value is -1.26. The summed E-state index contributed by atoms with van der Waals surface area (Å²) in [6, 6.07) is 0.851. The molecule has 0 radical (unpaired) electrons. The summed E-state index contributed by atoms with van der Waals surface area (Å²) in [5.41, 5.74) is -7.02. The van der Waals surface area contributed by atoms with E-state index >= 15 is 0 Å². The van der Waals surface area contributed by atoms with E-state index in [0.717, 1.165) is 0 Å². The highest BCUT2D eigenvalue weighted by molar-refractivity contribution is 6.60. The van der Waals surface area contributed by atoms with E-state index in [1.54, 1.807) is 0 Å². The fourth-order valence-electron chi connectivity index (χ4n) is 1.68. The lowest BCUT2D eigenvalue weighted by atomic mass is 9.73. The van der Waals surface area contributed by atoms with Crippen molar-refractivity contribution in [1.29, 1.82) is 0 Å². The minimum absolute atomic E-state index is 0.0843. The molecule has 0 fully saturated rings. The minimum atomic E-state index is -5.13. The van der Waals surface area contributed by atoms with E-state index in [0.29, 0.717) is 12.1 Å². The molecular formula is C14H17BF6O3. The molecule has 0 saturated heterocycles. The van der Waals surface area contributed by atoms with Gasteiger partial charge in [0.1, 0.15) is 0 Å². The van der Waals surface area contributed by atoms with Gasteiger partial charge in [-0.05, 0) is 39.2 Å². The van der Waals surface area contributed by atoms with Crippen LogP contribution in [0.25, 0.3) is 0 Å². The molecule has 0 aromatic heterocycles. The van der Waals surface area contributed by atoms with Crippen LogP contribution < -0.4 is 5.46 Å². The van der Waals surface area contributed by atoms with Gasteiger partial charge in [-0.2, -0.15) is 26.3 Å². The lowest BCUT2D eigenvalue weighted by Crippen LogP contribution is -2.54. The van der Waals surface area contributed by atoms with Crippen molar-refractivity contribution in [3.05, 3.63) is 29.3 Å². The number of hydrogen-bond donors (Lipinski definition) is 2. The molecule has 0 aliphatic heterocycles. The second-order valence-corrected chi connectivity index (χ2v) is 6.34. The van der Waals surface area contributed by atoms with E-state index < -0.39 is 47.3 Å². The van der Waals surface area contributed by atoms with Gasteiger partial charge in [-0.3, -0.25) is 0 Å². The third kappa shape index (κ3) is 4.64. The quantitative estimate of drug-likeness (QED) is 0.643. The van der Waals surface area contributed by atoms with Crippen molar-refractivity contribution in [2.45, 2.75) is 51.2 Å². The summed E-state index contributed by atoms with van der Waals surface area (Å²) in [4.78, 5) is 0. The normalized spacial score (nSPS) is 14.0. The van der Waals surface area contributed by atoms with Gasteiger partial charge < -0.3 is 14.8 Å². The Morgan fingerprint density at radius 2 is 1.42 bits per heavy atom. The summed E-state index contributed by atoms with van der Waals surface area (Å²) in [5.74, 6) is 0. The molecule has 1 aromatic rings. The van der Waals surface area contributed by atoms with Gasteiger partial charge in [0, 0.05) is 0 Å². The van der Waals surface area contributed by atoms with Gasteiger partial charge in [-0.25, -0.2) is 0 Å². The fraction of sp³-hybridized carbons (Fsp3) is 0.571. The fourth-order valence-corrected chi connectivity index (χ4v) is 1.68. The lowest BCUT2D eigenvalue weighted by Gasteiger charge is -2.38. The molecular weight excluding hydrogens is 341 g/mol. The van der Waals surface area contributed by atoms with Gasteiger partial charge in [-0.1, -0.05) is 12.1 Å². The molecule has 0 atom stereocenters. The number of rotatable bonds is 4. The van der Waals surface area contributed by atoms with Crippen LogP contribution in [-0.2, 0) is 17.0 Å². The predicted octanol–water partition coefficient (Wildman–Crippen LogP) is 2.98. The van der Waals surface area contributed by atoms with Crippen LogP contribution in [0, 0.1) is 0 Å². The molecule has 2 N–H and O–H groups in total. The first-order valence-electron chi connectivity index (χ1n) is 6.83. The standard InChI is InChI=1S/C14H17BF6O3/c1-11(2,22)12(3,4)24-15(23)10-6-5-8(13(16,17)18)7-9(10)14(19,20)21/h5-7,22-23H,1-4H3. The summed E-state index contributed by atoms with van der Waals surface area (Å²) in [7, 11) is -2.18. The van der Waals surface area contributed by atoms with E-state index in [1.165, 1.54) is 27.7 Å².